The van der Waals surface area contributed by atoms with E-state index in [1.165, 1.54) is 10.9 Å². The zero-order chi connectivity index (χ0) is 23.5. The predicted octanol–water partition coefficient (Wildman–Crippen LogP) is 5.62. The zero-order valence-corrected chi connectivity index (χ0v) is 18.8. The number of carboxylic acid groups (broad SMARTS) is 1. The van der Waals surface area contributed by atoms with Crippen LogP contribution in [0, 0.1) is 0 Å². The van der Waals surface area contributed by atoms with E-state index in [1.54, 1.807) is 18.2 Å². The third-order valence-electron chi connectivity index (χ3n) is 6.09. The summed E-state index contributed by atoms with van der Waals surface area (Å²) in [6.07, 6.45) is 2.90. The summed E-state index contributed by atoms with van der Waals surface area (Å²) < 4.78 is 8.26. The van der Waals surface area contributed by atoms with Gasteiger partial charge in [0.05, 0.1) is 5.56 Å². The van der Waals surface area contributed by atoms with Gasteiger partial charge in [-0.15, -0.1) is 0 Å². The molecule has 0 fully saturated rings. The third-order valence-corrected chi connectivity index (χ3v) is 6.09. The summed E-state index contributed by atoms with van der Waals surface area (Å²) in [6.45, 7) is 1.63. The molecule has 3 N–H and O–H groups in total. The maximum absolute atomic E-state index is 11.3. The highest BCUT2D eigenvalue weighted by atomic mass is 16.5. The number of ether oxygens (including phenoxy) is 1. The van der Waals surface area contributed by atoms with Crippen LogP contribution in [0.15, 0.2) is 91.1 Å². The van der Waals surface area contributed by atoms with Gasteiger partial charge < -0.3 is 20.1 Å². The smallest absolute Gasteiger partial charge is 0.335 e. The highest BCUT2D eigenvalue weighted by molar-refractivity contribution is 5.88. The number of carbonyl (C=O) groups is 1. The minimum absolute atomic E-state index is 0.296. The van der Waals surface area contributed by atoms with Crippen LogP contribution in [0.1, 0.15) is 27.0 Å². The van der Waals surface area contributed by atoms with Crippen molar-refractivity contribution < 1.29 is 14.6 Å². The molecule has 0 atom stereocenters. The van der Waals surface area contributed by atoms with Gasteiger partial charge in [0.25, 0.3) is 0 Å². The molecule has 0 aliphatic carbocycles. The molecular formula is C29H26N2O3. The average Bonchev–Trinajstić information content (AvgIpc) is 3.19. The fourth-order valence-corrected chi connectivity index (χ4v) is 4.42. The fraction of sp³-hybridized carbons (Fsp3) is 0.138. The SMILES string of the molecule is NCCc1cn(Cc2cccc(C(=O)O)c2)c2ccc(COc3ccc4ccccc4c3)cc12. The Labute approximate surface area is 198 Å². The Morgan fingerprint density at radius 3 is 2.56 bits per heavy atom. The lowest BCUT2D eigenvalue weighted by Crippen LogP contribution is -2.03. The Kier molecular flexibility index (Phi) is 6.02. The number of aromatic nitrogens is 1. The highest BCUT2D eigenvalue weighted by Gasteiger charge is 2.11. The number of carboxylic acids is 1. The topological polar surface area (TPSA) is 77.5 Å². The van der Waals surface area contributed by atoms with Crippen LogP contribution in [-0.4, -0.2) is 22.2 Å². The number of hydrogen-bond acceptors (Lipinski definition) is 3. The Hall–Kier alpha value is -4.09. The van der Waals surface area contributed by atoms with E-state index in [2.05, 4.69) is 53.2 Å². The largest absolute Gasteiger partial charge is 0.489 e. The maximum atomic E-state index is 11.3. The summed E-state index contributed by atoms with van der Waals surface area (Å²) in [7, 11) is 0. The molecule has 34 heavy (non-hydrogen) atoms. The molecule has 0 aliphatic heterocycles. The van der Waals surface area contributed by atoms with Gasteiger partial charge in [-0.2, -0.15) is 0 Å². The highest BCUT2D eigenvalue weighted by Crippen LogP contribution is 2.26. The van der Waals surface area contributed by atoms with E-state index in [-0.39, 0.29) is 0 Å². The van der Waals surface area contributed by atoms with Crippen LogP contribution in [0.3, 0.4) is 0 Å². The number of nitrogens with zero attached hydrogens (tertiary/aromatic N) is 1. The van der Waals surface area contributed by atoms with Gasteiger partial charge >= 0.3 is 5.97 Å². The van der Waals surface area contributed by atoms with Gasteiger partial charge in [-0.05, 0) is 76.8 Å². The first kappa shape index (κ1) is 21.7. The van der Waals surface area contributed by atoms with Crippen molar-refractivity contribution in [1.29, 1.82) is 0 Å². The van der Waals surface area contributed by atoms with Crippen LogP contribution < -0.4 is 10.5 Å². The van der Waals surface area contributed by atoms with E-state index in [1.807, 2.05) is 24.3 Å². The molecule has 0 saturated heterocycles. The van der Waals surface area contributed by atoms with Crippen molar-refractivity contribution in [2.24, 2.45) is 5.73 Å². The van der Waals surface area contributed by atoms with Gasteiger partial charge in [0.15, 0.2) is 0 Å². The normalized spacial score (nSPS) is 11.2. The molecule has 0 radical (unpaired) electrons. The number of aromatic carboxylic acids is 1. The van der Waals surface area contributed by atoms with Crippen molar-refractivity contribution in [3.63, 3.8) is 0 Å². The molecule has 0 spiro atoms. The molecule has 170 valence electrons. The number of nitrogens with two attached hydrogens (primary N) is 1. The van der Waals surface area contributed by atoms with Gasteiger partial charge in [-0.1, -0.05) is 48.5 Å². The molecule has 0 bridgehead atoms. The molecule has 0 amide bonds. The molecule has 5 nitrogen and oxygen atoms in total. The molecule has 5 rings (SSSR count). The van der Waals surface area contributed by atoms with Crippen molar-refractivity contribution in [2.75, 3.05) is 6.54 Å². The molecule has 0 unspecified atom stereocenters. The summed E-state index contributed by atoms with van der Waals surface area (Å²) >= 11 is 0. The predicted molar refractivity (Wildman–Crippen MR) is 135 cm³/mol. The second-order valence-electron chi connectivity index (χ2n) is 8.48. The third kappa shape index (κ3) is 4.51. The second kappa shape index (κ2) is 9.41. The van der Waals surface area contributed by atoms with Gasteiger partial charge in [-0.25, -0.2) is 4.79 Å². The Bertz CT molecular complexity index is 1490. The standard InChI is InChI=1S/C29H26N2O3/c30-13-12-25-18-31(17-20-4-3-7-24(14-20)29(32)33)28-11-8-21(15-27(25)28)19-34-26-10-9-22-5-1-2-6-23(22)16-26/h1-11,14-16,18H,12-13,17,19,30H2,(H,32,33). The minimum atomic E-state index is -0.918. The van der Waals surface area contributed by atoms with E-state index in [0.29, 0.717) is 25.3 Å². The zero-order valence-electron chi connectivity index (χ0n) is 18.8. The number of rotatable bonds is 8. The van der Waals surface area contributed by atoms with E-state index < -0.39 is 5.97 Å². The molecule has 5 heteroatoms. The van der Waals surface area contributed by atoms with Crippen LogP contribution in [0.2, 0.25) is 0 Å². The molecule has 0 saturated carbocycles. The summed E-state index contributed by atoms with van der Waals surface area (Å²) in [5, 5.41) is 12.8. The monoisotopic (exact) mass is 450 g/mol. The van der Waals surface area contributed by atoms with E-state index in [9.17, 15) is 9.90 Å². The van der Waals surface area contributed by atoms with Crippen molar-refractivity contribution in [1.82, 2.24) is 4.57 Å². The van der Waals surface area contributed by atoms with Crippen LogP contribution in [0.5, 0.6) is 5.75 Å². The quantitative estimate of drug-likeness (QED) is 0.322. The first-order valence-electron chi connectivity index (χ1n) is 11.4. The van der Waals surface area contributed by atoms with Crippen LogP contribution >= 0.6 is 0 Å². The molecule has 0 aliphatic rings. The van der Waals surface area contributed by atoms with Crippen LogP contribution in [0.25, 0.3) is 21.7 Å². The van der Waals surface area contributed by atoms with Crippen LogP contribution in [-0.2, 0) is 19.6 Å². The van der Waals surface area contributed by atoms with Crippen molar-refractivity contribution in [2.45, 2.75) is 19.6 Å². The van der Waals surface area contributed by atoms with E-state index in [0.717, 1.165) is 39.6 Å². The molecular weight excluding hydrogens is 424 g/mol. The van der Waals surface area contributed by atoms with Crippen molar-refractivity contribution in [3.05, 3.63) is 113 Å². The Morgan fingerprint density at radius 1 is 0.882 bits per heavy atom. The van der Waals surface area contributed by atoms with Crippen molar-refractivity contribution in [3.8, 4) is 5.75 Å². The molecule has 4 aromatic carbocycles. The number of benzene rings is 4. The minimum Gasteiger partial charge on any atom is -0.489 e. The van der Waals surface area contributed by atoms with Gasteiger partial charge in [0.2, 0.25) is 0 Å². The first-order valence-corrected chi connectivity index (χ1v) is 11.4. The van der Waals surface area contributed by atoms with Crippen molar-refractivity contribution >= 4 is 27.6 Å². The lowest BCUT2D eigenvalue weighted by atomic mass is 10.1. The average molecular weight is 451 g/mol. The summed E-state index contributed by atoms with van der Waals surface area (Å²) in [5.41, 5.74) is 10.5. The molecule has 1 heterocycles. The molecule has 5 aromatic rings. The lowest BCUT2D eigenvalue weighted by molar-refractivity contribution is 0.0696. The summed E-state index contributed by atoms with van der Waals surface area (Å²) in [4.78, 5) is 11.3. The fourth-order valence-electron chi connectivity index (χ4n) is 4.42. The summed E-state index contributed by atoms with van der Waals surface area (Å²) in [6, 6.07) is 27.8. The molecule has 1 aromatic heterocycles. The summed E-state index contributed by atoms with van der Waals surface area (Å²) in [5.74, 6) is -0.0732. The lowest BCUT2D eigenvalue weighted by Gasteiger charge is -2.09. The number of hydrogen-bond donors (Lipinski definition) is 2. The Balaban J connectivity index is 1.41. The first-order chi connectivity index (χ1) is 16.6. The van der Waals surface area contributed by atoms with Gasteiger partial charge in [-0.3, -0.25) is 0 Å². The van der Waals surface area contributed by atoms with Crippen LogP contribution in [0.4, 0.5) is 0 Å². The second-order valence-corrected chi connectivity index (χ2v) is 8.48. The van der Waals surface area contributed by atoms with Gasteiger partial charge in [0, 0.05) is 23.6 Å². The van der Waals surface area contributed by atoms with Gasteiger partial charge in [0.1, 0.15) is 12.4 Å². The number of fused-ring (bicyclic) bond motifs is 2. The van der Waals surface area contributed by atoms with E-state index >= 15 is 0 Å². The Morgan fingerprint density at radius 2 is 1.74 bits per heavy atom. The van der Waals surface area contributed by atoms with E-state index in [4.69, 9.17) is 10.5 Å². The maximum Gasteiger partial charge on any atom is 0.335 e.